The molecule has 1 atom stereocenters. The second kappa shape index (κ2) is 6.99. The molecule has 0 fully saturated rings. The Morgan fingerprint density at radius 1 is 1.04 bits per heavy atom. The molecule has 0 saturated carbocycles. The minimum absolute atomic E-state index is 0.0713. The number of hydrogen-bond acceptors (Lipinski definition) is 5. The van der Waals surface area contributed by atoms with E-state index in [9.17, 15) is 4.79 Å². The van der Waals surface area contributed by atoms with Crippen LogP contribution in [0.3, 0.4) is 0 Å². The maximum atomic E-state index is 13.1. The van der Waals surface area contributed by atoms with E-state index in [0.717, 1.165) is 16.9 Å². The minimum Gasteiger partial charge on any atom is -0.497 e. The van der Waals surface area contributed by atoms with Crippen LogP contribution in [0.25, 0.3) is 0 Å². The lowest BCUT2D eigenvalue weighted by molar-refractivity contribution is 0.0993. The van der Waals surface area contributed by atoms with Gasteiger partial charge in [0, 0.05) is 23.4 Å². The molecule has 1 aliphatic rings. The molecule has 6 nitrogen and oxygen atoms in total. The third-order valence-corrected chi connectivity index (χ3v) is 4.59. The second-order valence-electron chi connectivity index (χ2n) is 6.09. The van der Waals surface area contributed by atoms with Gasteiger partial charge in [0.15, 0.2) is 0 Å². The highest BCUT2D eigenvalue weighted by Crippen LogP contribution is 2.40. The molecular formula is C21H19N3O3. The van der Waals surface area contributed by atoms with E-state index in [1.807, 2.05) is 54.6 Å². The molecule has 1 N–H and O–H groups in total. The maximum absolute atomic E-state index is 13.1. The largest absolute Gasteiger partial charge is 0.497 e. The molecule has 6 heteroatoms. The highest BCUT2D eigenvalue weighted by Gasteiger charge is 2.38. The SMILES string of the molecule is COc1ccc(OC)c(N[C@@H]2c3ccccc3C(=O)N2c2cccnc2)c1. The lowest BCUT2D eigenvalue weighted by Crippen LogP contribution is -2.32. The van der Waals surface area contributed by atoms with Crippen LogP contribution in [0, 0.1) is 0 Å². The molecule has 0 bridgehead atoms. The van der Waals surface area contributed by atoms with Gasteiger partial charge in [-0.1, -0.05) is 18.2 Å². The summed E-state index contributed by atoms with van der Waals surface area (Å²) < 4.78 is 10.8. The van der Waals surface area contributed by atoms with Gasteiger partial charge in [-0.3, -0.25) is 14.7 Å². The van der Waals surface area contributed by atoms with Crippen molar-refractivity contribution in [1.82, 2.24) is 4.98 Å². The molecule has 27 heavy (non-hydrogen) atoms. The van der Waals surface area contributed by atoms with Crippen molar-refractivity contribution in [2.45, 2.75) is 6.17 Å². The van der Waals surface area contributed by atoms with Gasteiger partial charge in [0.2, 0.25) is 0 Å². The molecule has 1 amide bonds. The highest BCUT2D eigenvalue weighted by molar-refractivity contribution is 6.11. The Hall–Kier alpha value is -3.54. The smallest absolute Gasteiger partial charge is 0.260 e. The molecule has 0 saturated heterocycles. The predicted molar refractivity (Wildman–Crippen MR) is 103 cm³/mol. The van der Waals surface area contributed by atoms with Crippen molar-refractivity contribution in [2.75, 3.05) is 24.4 Å². The average molecular weight is 361 g/mol. The normalized spacial score (nSPS) is 15.4. The van der Waals surface area contributed by atoms with Crippen LogP contribution < -0.4 is 19.7 Å². The number of benzene rings is 2. The van der Waals surface area contributed by atoms with E-state index in [2.05, 4.69) is 10.3 Å². The summed E-state index contributed by atoms with van der Waals surface area (Å²) in [7, 11) is 3.22. The number of rotatable bonds is 5. The van der Waals surface area contributed by atoms with Crippen LogP contribution >= 0.6 is 0 Å². The van der Waals surface area contributed by atoms with Gasteiger partial charge < -0.3 is 14.8 Å². The monoisotopic (exact) mass is 361 g/mol. The van der Waals surface area contributed by atoms with Crippen molar-refractivity contribution in [3.63, 3.8) is 0 Å². The minimum atomic E-state index is -0.390. The van der Waals surface area contributed by atoms with E-state index in [4.69, 9.17) is 9.47 Å². The molecule has 3 aromatic rings. The topological polar surface area (TPSA) is 63.7 Å². The number of methoxy groups -OCH3 is 2. The number of hydrogen-bond donors (Lipinski definition) is 1. The Morgan fingerprint density at radius 3 is 2.63 bits per heavy atom. The predicted octanol–water partition coefficient (Wildman–Crippen LogP) is 3.87. The highest BCUT2D eigenvalue weighted by atomic mass is 16.5. The molecule has 0 aliphatic carbocycles. The Balaban J connectivity index is 1.80. The zero-order valence-electron chi connectivity index (χ0n) is 15.0. The van der Waals surface area contributed by atoms with Crippen molar-refractivity contribution in [3.8, 4) is 11.5 Å². The quantitative estimate of drug-likeness (QED) is 0.747. The summed E-state index contributed by atoms with van der Waals surface area (Å²) in [6.07, 6.45) is 2.98. The van der Waals surface area contributed by atoms with E-state index >= 15 is 0 Å². The van der Waals surface area contributed by atoms with Gasteiger partial charge >= 0.3 is 0 Å². The zero-order valence-corrected chi connectivity index (χ0v) is 15.0. The van der Waals surface area contributed by atoms with Crippen molar-refractivity contribution in [2.24, 2.45) is 0 Å². The first kappa shape index (κ1) is 16.9. The number of ether oxygens (including phenoxy) is 2. The van der Waals surface area contributed by atoms with E-state index < -0.39 is 0 Å². The molecule has 0 radical (unpaired) electrons. The van der Waals surface area contributed by atoms with Gasteiger partial charge in [0.05, 0.1) is 31.8 Å². The summed E-state index contributed by atoms with van der Waals surface area (Å²) in [6, 6.07) is 16.8. The van der Waals surface area contributed by atoms with Crippen LogP contribution in [0.5, 0.6) is 11.5 Å². The fourth-order valence-electron chi connectivity index (χ4n) is 3.30. The maximum Gasteiger partial charge on any atom is 0.260 e. The van der Waals surface area contributed by atoms with Gasteiger partial charge in [-0.05, 0) is 30.3 Å². The summed E-state index contributed by atoms with van der Waals surface area (Å²) in [5.74, 6) is 1.29. The Morgan fingerprint density at radius 2 is 1.89 bits per heavy atom. The van der Waals surface area contributed by atoms with E-state index in [1.54, 1.807) is 31.5 Å². The number of nitrogens with one attached hydrogen (secondary N) is 1. The third kappa shape index (κ3) is 2.95. The lowest BCUT2D eigenvalue weighted by Gasteiger charge is -2.27. The number of anilines is 2. The first-order chi connectivity index (χ1) is 13.2. The van der Waals surface area contributed by atoms with Crippen LogP contribution in [0.2, 0.25) is 0 Å². The van der Waals surface area contributed by atoms with E-state index in [0.29, 0.717) is 17.1 Å². The van der Waals surface area contributed by atoms with Gasteiger partial charge in [-0.2, -0.15) is 0 Å². The fraction of sp³-hybridized carbons (Fsp3) is 0.143. The van der Waals surface area contributed by atoms with Crippen LogP contribution in [0.4, 0.5) is 11.4 Å². The Bertz CT molecular complexity index is 975. The summed E-state index contributed by atoms with van der Waals surface area (Å²) in [6.45, 7) is 0. The summed E-state index contributed by atoms with van der Waals surface area (Å²) in [4.78, 5) is 18.9. The van der Waals surface area contributed by atoms with Gasteiger partial charge in [0.25, 0.3) is 5.91 Å². The van der Waals surface area contributed by atoms with Crippen LogP contribution in [0.15, 0.2) is 67.0 Å². The first-order valence-electron chi connectivity index (χ1n) is 8.54. The number of fused-ring (bicyclic) bond motifs is 1. The molecule has 0 unspecified atom stereocenters. The van der Waals surface area contributed by atoms with E-state index in [-0.39, 0.29) is 12.1 Å². The number of amides is 1. The number of nitrogens with zero attached hydrogens (tertiary/aromatic N) is 2. The Kier molecular flexibility index (Phi) is 4.38. The summed E-state index contributed by atoms with van der Waals surface area (Å²) >= 11 is 0. The lowest BCUT2D eigenvalue weighted by atomic mass is 10.1. The molecule has 4 rings (SSSR count). The number of pyridine rings is 1. The van der Waals surface area contributed by atoms with Crippen molar-refractivity contribution >= 4 is 17.3 Å². The number of carbonyl (C=O) groups is 1. The molecular weight excluding hydrogens is 342 g/mol. The van der Waals surface area contributed by atoms with Crippen LogP contribution in [0.1, 0.15) is 22.1 Å². The third-order valence-electron chi connectivity index (χ3n) is 4.59. The van der Waals surface area contributed by atoms with Crippen LogP contribution in [-0.2, 0) is 0 Å². The fourth-order valence-corrected chi connectivity index (χ4v) is 3.30. The summed E-state index contributed by atoms with van der Waals surface area (Å²) in [5, 5.41) is 3.44. The zero-order chi connectivity index (χ0) is 18.8. The first-order valence-corrected chi connectivity index (χ1v) is 8.54. The molecule has 0 spiro atoms. The van der Waals surface area contributed by atoms with E-state index in [1.165, 1.54) is 0 Å². The average Bonchev–Trinajstić information content (AvgIpc) is 3.00. The Labute approximate surface area is 157 Å². The second-order valence-corrected chi connectivity index (χ2v) is 6.09. The van der Waals surface area contributed by atoms with Crippen LogP contribution in [-0.4, -0.2) is 25.1 Å². The van der Waals surface area contributed by atoms with Gasteiger partial charge in [-0.25, -0.2) is 0 Å². The molecule has 2 heterocycles. The van der Waals surface area contributed by atoms with Crippen molar-refractivity contribution in [1.29, 1.82) is 0 Å². The number of aromatic nitrogens is 1. The molecule has 1 aliphatic heterocycles. The standard InChI is InChI=1S/C21H19N3O3/c1-26-15-9-10-19(27-2)18(12-15)23-20-16-7-3-4-8-17(16)21(25)24(20)14-6-5-11-22-13-14/h3-13,20,23H,1-2H3/t20-/m0/s1. The van der Waals surface area contributed by atoms with Crippen molar-refractivity contribution < 1.29 is 14.3 Å². The number of carbonyl (C=O) groups excluding carboxylic acids is 1. The summed E-state index contributed by atoms with van der Waals surface area (Å²) in [5.41, 5.74) is 3.02. The van der Waals surface area contributed by atoms with Gasteiger partial charge in [0.1, 0.15) is 17.7 Å². The molecule has 136 valence electrons. The molecule has 1 aromatic heterocycles. The van der Waals surface area contributed by atoms with Gasteiger partial charge in [-0.15, -0.1) is 0 Å². The van der Waals surface area contributed by atoms with Crippen molar-refractivity contribution in [3.05, 3.63) is 78.1 Å². The molecule has 2 aromatic carbocycles.